The Labute approximate surface area is 271 Å². The topological polar surface area (TPSA) is 76.2 Å². The molecule has 2 aliphatic rings. The predicted molar refractivity (Wildman–Crippen MR) is 178 cm³/mol. The molecule has 3 aromatic carbocycles. The number of morpholine rings is 1. The van der Waals surface area contributed by atoms with Gasteiger partial charge in [0.2, 0.25) is 0 Å². The summed E-state index contributed by atoms with van der Waals surface area (Å²) in [5.74, 6) is 0.344. The molecule has 43 heavy (non-hydrogen) atoms. The summed E-state index contributed by atoms with van der Waals surface area (Å²) in [5.41, 5.74) is 2.31. The van der Waals surface area contributed by atoms with E-state index in [4.69, 9.17) is 44.9 Å². The number of ether oxygens (including phenoxy) is 2. The van der Waals surface area contributed by atoms with E-state index in [0.717, 1.165) is 49.5 Å². The van der Waals surface area contributed by atoms with E-state index in [2.05, 4.69) is 4.90 Å². The molecular weight excluding hydrogens is 647 g/mol. The maximum atomic E-state index is 13.3. The number of nitrogens with zero attached hydrogens (tertiary/aromatic N) is 2. The van der Waals surface area contributed by atoms with Crippen LogP contribution in [0.1, 0.15) is 12.0 Å². The maximum Gasteiger partial charge on any atom is 0.266 e. The Morgan fingerprint density at radius 2 is 1.74 bits per heavy atom. The molecule has 0 atom stereocenters. The molecule has 0 N–H and O–H groups in total. The number of sulfone groups is 1. The molecule has 7 nitrogen and oxygen atoms in total. The van der Waals surface area contributed by atoms with Crippen LogP contribution in [0.2, 0.25) is 10.0 Å². The smallest absolute Gasteiger partial charge is 0.266 e. The third kappa shape index (κ3) is 8.19. The van der Waals surface area contributed by atoms with Crippen molar-refractivity contribution in [2.24, 2.45) is 0 Å². The molecule has 0 aliphatic carbocycles. The van der Waals surface area contributed by atoms with Crippen molar-refractivity contribution in [3.8, 4) is 16.9 Å². The number of thioether (sulfide) groups is 1. The van der Waals surface area contributed by atoms with Gasteiger partial charge in [-0.05, 0) is 54.5 Å². The third-order valence-electron chi connectivity index (χ3n) is 7.06. The number of halogens is 2. The van der Waals surface area contributed by atoms with Gasteiger partial charge in [-0.25, -0.2) is 8.42 Å². The molecular formula is C31H30Cl2N2O5S3. The first-order valence-electron chi connectivity index (χ1n) is 13.8. The van der Waals surface area contributed by atoms with Crippen molar-refractivity contribution in [1.29, 1.82) is 0 Å². The highest BCUT2D eigenvalue weighted by atomic mass is 35.5. The number of thiocarbonyl (C=S) groups is 1. The summed E-state index contributed by atoms with van der Waals surface area (Å²) < 4.78 is 37.4. The molecule has 2 heterocycles. The van der Waals surface area contributed by atoms with Crippen molar-refractivity contribution in [2.45, 2.75) is 11.3 Å². The molecule has 0 spiro atoms. The average Bonchev–Trinajstić information content (AvgIpc) is 3.26. The standard InChI is InChI=1S/C31H30Cl2N2O5S3/c32-23-8-9-25(27(33)21-23)26-19-22(7-10-28(26)40-17-14-34-12-15-39-16-13-34)20-29-30(36)35(31(41)42-29)11-4-18-43(37,38)24-5-2-1-3-6-24/h1-3,5-10,19-21H,4,11-18H2. The highest BCUT2D eigenvalue weighted by Crippen LogP contribution is 2.39. The normalized spacial score (nSPS) is 17.2. The maximum absolute atomic E-state index is 13.3. The minimum atomic E-state index is -3.45. The fourth-order valence-electron chi connectivity index (χ4n) is 4.79. The van der Waals surface area contributed by atoms with Crippen LogP contribution in [0.3, 0.4) is 0 Å². The van der Waals surface area contributed by atoms with Gasteiger partial charge in [-0.1, -0.05) is 77.5 Å². The van der Waals surface area contributed by atoms with E-state index in [1.54, 1.807) is 48.5 Å². The zero-order chi connectivity index (χ0) is 30.4. The van der Waals surface area contributed by atoms with Crippen molar-refractivity contribution >= 4 is 73.3 Å². The van der Waals surface area contributed by atoms with E-state index in [0.29, 0.717) is 31.6 Å². The summed E-state index contributed by atoms with van der Waals surface area (Å²) in [4.78, 5) is 17.8. The van der Waals surface area contributed by atoms with Gasteiger partial charge in [0, 0.05) is 42.3 Å². The number of rotatable bonds is 11. The van der Waals surface area contributed by atoms with Crippen LogP contribution in [0.5, 0.6) is 5.75 Å². The van der Waals surface area contributed by atoms with Crippen LogP contribution >= 0.6 is 47.2 Å². The molecule has 0 aromatic heterocycles. The quantitative estimate of drug-likeness (QED) is 0.170. The summed E-state index contributed by atoms with van der Waals surface area (Å²) in [6.45, 7) is 4.68. The molecule has 12 heteroatoms. The fraction of sp³-hybridized carbons (Fsp3) is 0.290. The monoisotopic (exact) mass is 676 g/mol. The first-order chi connectivity index (χ1) is 20.7. The van der Waals surface area contributed by atoms with Crippen molar-refractivity contribution in [3.05, 3.63) is 87.2 Å². The molecule has 226 valence electrons. The van der Waals surface area contributed by atoms with E-state index < -0.39 is 9.84 Å². The Bertz CT molecular complexity index is 1630. The van der Waals surface area contributed by atoms with E-state index in [9.17, 15) is 13.2 Å². The number of benzene rings is 3. The molecule has 5 rings (SSSR count). The first-order valence-corrected chi connectivity index (χ1v) is 17.4. The lowest BCUT2D eigenvalue weighted by Crippen LogP contribution is -2.38. The lowest BCUT2D eigenvalue weighted by atomic mass is 10.0. The van der Waals surface area contributed by atoms with Gasteiger partial charge in [0.15, 0.2) is 9.84 Å². The number of hydrogen-bond donors (Lipinski definition) is 0. The van der Waals surface area contributed by atoms with E-state index in [1.807, 2.05) is 24.3 Å². The lowest BCUT2D eigenvalue weighted by Gasteiger charge is -2.26. The summed E-state index contributed by atoms with van der Waals surface area (Å²) in [5, 5.41) is 1.01. The molecule has 0 radical (unpaired) electrons. The second kappa shape index (κ2) is 14.6. The highest BCUT2D eigenvalue weighted by molar-refractivity contribution is 8.26. The van der Waals surface area contributed by atoms with Gasteiger partial charge in [-0.3, -0.25) is 14.6 Å². The van der Waals surface area contributed by atoms with Crippen LogP contribution in [0.15, 0.2) is 76.5 Å². The third-order valence-corrected chi connectivity index (χ3v) is 10.8. The summed E-state index contributed by atoms with van der Waals surface area (Å²) >= 11 is 19.4. The molecule has 1 amide bonds. The minimum Gasteiger partial charge on any atom is -0.492 e. The SMILES string of the molecule is O=C1C(=Cc2ccc(OCCN3CCOCC3)c(-c3ccc(Cl)cc3Cl)c2)SC(=S)N1CCCS(=O)(=O)c1ccccc1. The summed E-state index contributed by atoms with van der Waals surface area (Å²) in [7, 11) is -3.45. The largest absolute Gasteiger partial charge is 0.492 e. The van der Waals surface area contributed by atoms with Gasteiger partial charge >= 0.3 is 0 Å². The van der Waals surface area contributed by atoms with Crippen LogP contribution in [-0.2, 0) is 19.4 Å². The Kier molecular flexibility index (Phi) is 10.8. The zero-order valence-corrected chi connectivity index (χ0v) is 27.2. The Morgan fingerprint density at radius 3 is 2.49 bits per heavy atom. The Morgan fingerprint density at radius 1 is 0.977 bits per heavy atom. The first kappa shape index (κ1) is 32.0. The highest BCUT2D eigenvalue weighted by Gasteiger charge is 2.32. The fourth-order valence-corrected chi connectivity index (χ4v) is 7.93. The van der Waals surface area contributed by atoms with Crippen LogP contribution in [0, 0.1) is 0 Å². The second-order valence-electron chi connectivity index (χ2n) is 10.0. The molecule has 2 fully saturated rings. The van der Waals surface area contributed by atoms with Gasteiger partial charge in [-0.2, -0.15) is 0 Å². The van der Waals surface area contributed by atoms with Crippen LogP contribution < -0.4 is 4.74 Å². The molecule has 0 bridgehead atoms. The minimum absolute atomic E-state index is 0.0780. The van der Waals surface area contributed by atoms with Crippen molar-refractivity contribution in [2.75, 3.05) is 51.8 Å². The lowest BCUT2D eigenvalue weighted by molar-refractivity contribution is -0.122. The predicted octanol–water partition coefficient (Wildman–Crippen LogP) is 6.44. The van der Waals surface area contributed by atoms with Crippen molar-refractivity contribution in [3.63, 3.8) is 0 Å². The summed E-state index contributed by atoms with van der Waals surface area (Å²) in [6.07, 6.45) is 2.05. The number of carbonyl (C=O) groups excluding carboxylic acids is 1. The molecule has 3 aromatic rings. The van der Waals surface area contributed by atoms with Crippen LogP contribution in [0.4, 0.5) is 0 Å². The number of hydrogen-bond acceptors (Lipinski definition) is 8. The second-order valence-corrected chi connectivity index (χ2v) is 14.6. The average molecular weight is 678 g/mol. The van der Waals surface area contributed by atoms with Gasteiger partial charge in [0.05, 0.1) is 33.8 Å². The van der Waals surface area contributed by atoms with Gasteiger partial charge in [0.25, 0.3) is 5.91 Å². The molecule has 0 unspecified atom stereocenters. The zero-order valence-electron chi connectivity index (χ0n) is 23.2. The van der Waals surface area contributed by atoms with E-state index >= 15 is 0 Å². The van der Waals surface area contributed by atoms with Gasteiger partial charge < -0.3 is 9.47 Å². The Hall–Kier alpha value is -2.44. The molecule has 2 saturated heterocycles. The van der Waals surface area contributed by atoms with E-state index in [1.165, 1.54) is 16.7 Å². The van der Waals surface area contributed by atoms with Crippen LogP contribution in [-0.4, -0.2) is 80.2 Å². The molecule has 2 aliphatic heterocycles. The summed E-state index contributed by atoms with van der Waals surface area (Å²) in [6, 6.07) is 19.3. The Balaban J connectivity index is 1.31. The van der Waals surface area contributed by atoms with Gasteiger partial charge in [0.1, 0.15) is 16.7 Å². The van der Waals surface area contributed by atoms with Gasteiger partial charge in [-0.15, -0.1) is 0 Å². The number of carbonyl (C=O) groups is 1. The van der Waals surface area contributed by atoms with Crippen LogP contribution in [0.25, 0.3) is 17.2 Å². The molecule has 0 saturated carbocycles. The van der Waals surface area contributed by atoms with Crippen molar-refractivity contribution < 1.29 is 22.7 Å². The van der Waals surface area contributed by atoms with E-state index in [-0.39, 0.29) is 29.5 Å². The number of amides is 1. The van der Waals surface area contributed by atoms with Crippen molar-refractivity contribution in [1.82, 2.24) is 9.80 Å².